The number of hydrogen-bond acceptors (Lipinski definition) is 2. The smallest absolute Gasteiger partial charge is 0.122 e. The van der Waals surface area contributed by atoms with Gasteiger partial charge in [-0.25, -0.2) is 0 Å². The maximum Gasteiger partial charge on any atom is 0.122 e. The molecule has 1 fully saturated rings. The lowest BCUT2D eigenvalue weighted by Crippen LogP contribution is -2.00. The molecule has 1 aromatic rings. The largest absolute Gasteiger partial charge is 0.496 e. The lowest BCUT2D eigenvalue weighted by Gasteiger charge is -2.10. The zero-order chi connectivity index (χ0) is 11.5. The van der Waals surface area contributed by atoms with Crippen LogP contribution in [0.1, 0.15) is 30.9 Å². The molecule has 0 spiro atoms. The maximum atomic E-state index is 5.56. The van der Waals surface area contributed by atoms with Crippen LogP contribution < -0.4 is 4.74 Å². The van der Waals surface area contributed by atoms with Crippen LogP contribution in [0, 0.1) is 6.92 Å². The highest BCUT2D eigenvalue weighted by atomic mass is 16.6. The molecule has 2 nitrogen and oxygen atoms in total. The first-order chi connectivity index (χ1) is 7.76. The van der Waals surface area contributed by atoms with E-state index < -0.39 is 0 Å². The number of rotatable bonds is 5. The van der Waals surface area contributed by atoms with E-state index in [2.05, 4.69) is 19.9 Å². The van der Waals surface area contributed by atoms with Crippen LogP contribution in [0.2, 0.25) is 0 Å². The molecular weight excluding hydrogens is 200 g/mol. The summed E-state index contributed by atoms with van der Waals surface area (Å²) in [4.78, 5) is 0. The highest BCUT2D eigenvalue weighted by Crippen LogP contribution is 2.31. The van der Waals surface area contributed by atoms with Crippen molar-refractivity contribution in [3.05, 3.63) is 29.3 Å². The minimum Gasteiger partial charge on any atom is -0.496 e. The number of epoxide rings is 1. The SMILES string of the molecule is CCC1OC1CCc1c(C)cccc1OC. The first-order valence-electron chi connectivity index (χ1n) is 6.04. The Kier molecular flexibility index (Phi) is 3.49. The molecule has 2 rings (SSSR count). The highest BCUT2D eigenvalue weighted by molar-refractivity contribution is 5.39. The normalized spacial score (nSPS) is 23.2. The molecule has 0 N–H and O–H groups in total. The molecule has 0 aliphatic carbocycles. The second-order valence-electron chi connectivity index (χ2n) is 4.42. The monoisotopic (exact) mass is 220 g/mol. The van der Waals surface area contributed by atoms with Crippen molar-refractivity contribution in [2.45, 2.75) is 45.3 Å². The summed E-state index contributed by atoms with van der Waals surface area (Å²) in [5, 5.41) is 0. The Morgan fingerprint density at radius 3 is 2.75 bits per heavy atom. The van der Waals surface area contributed by atoms with E-state index in [9.17, 15) is 0 Å². The average Bonchev–Trinajstić information content (AvgIpc) is 3.05. The fraction of sp³-hybridized carbons (Fsp3) is 0.571. The molecule has 0 bridgehead atoms. The van der Waals surface area contributed by atoms with Gasteiger partial charge in [0, 0.05) is 0 Å². The second kappa shape index (κ2) is 4.88. The Bertz CT molecular complexity index is 360. The average molecular weight is 220 g/mol. The van der Waals surface area contributed by atoms with Crippen LogP contribution in [0.25, 0.3) is 0 Å². The molecule has 1 saturated heterocycles. The van der Waals surface area contributed by atoms with Crippen molar-refractivity contribution in [2.24, 2.45) is 0 Å². The highest BCUT2D eigenvalue weighted by Gasteiger charge is 2.36. The molecule has 1 aliphatic rings. The molecule has 88 valence electrons. The van der Waals surface area contributed by atoms with Crippen LogP contribution >= 0.6 is 0 Å². The van der Waals surface area contributed by atoms with Gasteiger partial charge in [0.2, 0.25) is 0 Å². The van der Waals surface area contributed by atoms with Gasteiger partial charge in [-0.1, -0.05) is 19.1 Å². The van der Waals surface area contributed by atoms with E-state index >= 15 is 0 Å². The van der Waals surface area contributed by atoms with E-state index in [0.717, 1.165) is 25.0 Å². The van der Waals surface area contributed by atoms with Crippen molar-refractivity contribution in [2.75, 3.05) is 7.11 Å². The predicted molar refractivity (Wildman–Crippen MR) is 65.0 cm³/mol. The molecule has 0 saturated carbocycles. The van der Waals surface area contributed by atoms with E-state index in [-0.39, 0.29) is 0 Å². The van der Waals surface area contributed by atoms with Gasteiger partial charge in [-0.3, -0.25) is 0 Å². The van der Waals surface area contributed by atoms with Crippen LogP contribution in [0.4, 0.5) is 0 Å². The molecule has 2 atom stereocenters. The number of hydrogen-bond donors (Lipinski definition) is 0. The summed E-state index contributed by atoms with van der Waals surface area (Å²) in [5.74, 6) is 1.01. The second-order valence-corrected chi connectivity index (χ2v) is 4.42. The van der Waals surface area contributed by atoms with E-state index in [1.165, 1.54) is 11.1 Å². The molecule has 0 amide bonds. The van der Waals surface area contributed by atoms with E-state index in [1.807, 2.05) is 12.1 Å². The third-order valence-corrected chi connectivity index (χ3v) is 3.36. The first-order valence-corrected chi connectivity index (χ1v) is 6.04. The summed E-state index contributed by atoms with van der Waals surface area (Å²) >= 11 is 0. The van der Waals surface area contributed by atoms with Crippen LogP contribution in [0.3, 0.4) is 0 Å². The Labute approximate surface area is 97.6 Å². The van der Waals surface area contributed by atoms with Gasteiger partial charge < -0.3 is 9.47 Å². The van der Waals surface area contributed by atoms with Crippen molar-refractivity contribution >= 4 is 0 Å². The van der Waals surface area contributed by atoms with Crippen molar-refractivity contribution in [3.63, 3.8) is 0 Å². The van der Waals surface area contributed by atoms with Gasteiger partial charge in [-0.05, 0) is 43.4 Å². The number of aryl methyl sites for hydroxylation is 1. The van der Waals surface area contributed by atoms with Crippen molar-refractivity contribution in [1.29, 1.82) is 0 Å². The maximum absolute atomic E-state index is 5.56. The zero-order valence-corrected chi connectivity index (χ0v) is 10.3. The topological polar surface area (TPSA) is 21.8 Å². The lowest BCUT2D eigenvalue weighted by atomic mass is 10.0. The fourth-order valence-electron chi connectivity index (χ4n) is 2.27. The van der Waals surface area contributed by atoms with E-state index in [1.54, 1.807) is 7.11 Å². The molecule has 1 heterocycles. The molecule has 0 radical (unpaired) electrons. The molecular formula is C14H20O2. The van der Waals surface area contributed by atoms with Gasteiger partial charge in [0.15, 0.2) is 0 Å². The zero-order valence-electron chi connectivity index (χ0n) is 10.3. The van der Waals surface area contributed by atoms with Gasteiger partial charge in [0.25, 0.3) is 0 Å². The molecule has 2 heteroatoms. The van der Waals surface area contributed by atoms with Crippen molar-refractivity contribution in [1.82, 2.24) is 0 Å². The van der Waals surface area contributed by atoms with Crippen LogP contribution in [-0.4, -0.2) is 19.3 Å². The van der Waals surface area contributed by atoms with E-state index in [4.69, 9.17) is 9.47 Å². The molecule has 0 aromatic heterocycles. The standard InChI is InChI=1S/C14H20O2/c1-4-12-14(16-12)9-8-11-10(2)6-5-7-13(11)15-3/h5-7,12,14H,4,8-9H2,1-3H3. The quantitative estimate of drug-likeness (QED) is 0.711. The third kappa shape index (κ3) is 2.38. The van der Waals surface area contributed by atoms with Gasteiger partial charge in [0.1, 0.15) is 5.75 Å². The number of benzene rings is 1. The minimum absolute atomic E-state index is 0.481. The summed E-state index contributed by atoms with van der Waals surface area (Å²) in [6.45, 7) is 4.32. The van der Waals surface area contributed by atoms with Gasteiger partial charge in [-0.2, -0.15) is 0 Å². The third-order valence-electron chi connectivity index (χ3n) is 3.36. The molecule has 1 aliphatic heterocycles. The summed E-state index contributed by atoms with van der Waals surface area (Å²) < 4.78 is 11.0. The summed E-state index contributed by atoms with van der Waals surface area (Å²) in [6.07, 6.45) is 4.29. The Hall–Kier alpha value is -1.02. The lowest BCUT2D eigenvalue weighted by molar-refractivity contribution is 0.358. The Balaban J connectivity index is 1.98. The number of ether oxygens (including phenoxy) is 2. The van der Waals surface area contributed by atoms with Gasteiger partial charge in [0.05, 0.1) is 19.3 Å². The number of methoxy groups -OCH3 is 1. The molecule has 16 heavy (non-hydrogen) atoms. The van der Waals surface area contributed by atoms with E-state index in [0.29, 0.717) is 12.2 Å². The Morgan fingerprint density at radius 1 is 1.31 bits per heavy atom. The predicted octanol–water partition coefficient (Wildman–Crippen LogP) is 3.11. The van der Waals surface area contributed by atoms with Gasteiger partial charge >= 0.3 is 0 Å². The van der Waals surface area contributed by atoms with Crippen LogP contribution in [0.5, 0.6) is 5.75 Å². The summed E-state index contributed by atoms with van der Waals surface area (Å²) in [7, 11) is 1.74. The minimum atomic E-state index is 0.481. The summed E-state index contributed by atoms with van der Waals surface area (Å²) in [6, 6.07) is 6.22. The van der Waals surface area contributed by atoms with Crippen LogP contribution in [-0.2, 0) is 11.2 Å². The molecule has 2 unspecified atom stereocenters. The van der Waals surface area contributed by atoms with Gasteiger partial charge in [-0.15, -0.1) is 0 Å². The van der Waals surface area contributed by atoms with Crippen molar-refractivity contribution < 1.29 is 9.47 Å². The van der Waals surface area contributed by atoms with Crippen LogP contribution in [0.15, 0.2) is 18.2 Å². The Morgan fingerprint density at radius 2 is 2.12 bits per heavy atom. The molecule has 1 aromatic carbocycles. The van der Waals surface area contributed by atoms with Crippen molar-refractivity contribution in [3.8, 4) is 5.75 Å². The first kappa shape index (κ1) is 11.5. The fourth-order valence-corrected chi connectivity index (χ4v) is 2.27. The summed E-state index contributed by atoms with van der Waals surface area (Å²) in [5.41, 5.74) is 2.64.